The summed E-state index contributed by atoms with van der Waals surface area (Å²) in [6, 6.07) is 46.3. The lowest BCUT2D eigenvalue weighted by atomic mass is 10.1. The highest BCUT2D eigenvalue weighted by Gasteiger charge is 2.41. The van der Waals surface area contributed by atoms with Crippen molar-refractivity contribution in [1.29, 1.82) is 0 Å². The van der Waals surface area contributed by atoms with Gasteiger partial charge >= 0.3 is 10.1 Å². The minimum absolute atomic E-state index is 0.867. The van der Waals surface area contributed by atoms with Crippen LogP contribution in [0.2, 0.25) is 0 Å². The molecule has 0 saturated carbocycles. The Labute approximate surface area is 214 Å². The van der Waals surface area contributed by atoms with Gasteiger partial charge in [0.25, 0.3) is 0 Å². The van der Waals surface area contributed by atoms with E-state index in [1.54, 1.807) is 0 Å². The van der Waals surface area contributed by atoms with Gasteiger partial charge in [-0.15, -0.1) is 0 Å². The van der Waals surface area contributed by atoms with Gasteiger partial charge in [-0.2, -0.15) is 8.42 Å². The first kappa shape index (κ1) is 24.1. The van der Waals surface area contributed by atoms with Gasteiger partial charge in [0.05, 0.1) is 25.0 Å². The molecule has 0 bridgehead atoms. The quantitative estimate of drug-likeness (QED) is 0.163. The van der Waals surface area contributed by atoms with Crippen LogP contribution in [-0.2, 0) is 10.1 Å². The van der Waals surface area contributed by atoms with Crippen molar-refractivity contribution in [3.8, 4) is 22.3 Å². The van der Waals surface area contributed by atoms with Crippen molar-refractivity contribution < 1.29 is 12.0 Å². The predicted molar refractivity (Wildman–Crippen MR) is 150 cm³/mol. The first-order valence-corrected chi connectivity index (χ1v) is 15.0. The van der Waals surface area contributed by atoms with Crippen molar-refractivity contribution in [2.45, 2.75) is 14.7 Å². The third-order valence-corrected chi connectivity index (χ3v) is 10.8. The van der Waals surface area contributed by atoms with Crippen molar-refractivity contribution >= 4 is 20.4 Å². The van der Waals surface area contributed by atoms with Crippen LogP contribution in [0.5, 0.6) is 0 Å². The molecule has 0 aliphatic carbocycles. The molecular weight excluding hydrogens is 484 g/mol. The van der Waals surface area contributed by atoms with E-state index in [2.05, 4.69) is 27.9 Å². The Morgan fingerprint density at radius 1 is 0.417 bits per heavy atom. The van der Waals surface area contributed by atoms with Crippen LogP contribution in [0.4, 0.5) is 0 Å². The summed E-state index contributed by atoms with van der Waals surface area (Å²) < 4.78 is 30.2. The molecule has 0 saturated heterocycles. The molecule has 5 rings (SSSR count). The molecular formula is C31H27O3S2+. The van der Waals surface area contributed by atoms with Gasteiger partial charge < -0.3 is 0 Å². The fourth-order valence-electron chi connectivity index (χ4n) is 4.31. The number of rotatable bonds is 7. The molecule has 180 valence electrons. The maximum atomic E-state index is 12.8. The predicted octanol–water partition coefficient (Wildman–Crippen LogP) is 8.27. The first-order valence-electron chi connectivity index (χ1n) is 11.6. The third kappa shape index (κ3) is 5.00. The van der Waals surface area contributed by atoms with E-state index in [0.717, 1.165) is 36.9 Å². The highest BCUT2D eigenvalue weighted by molar-refractivity contribution is 8.32. The molecule has 0 radical (unpaired) electrons. The summed E-state index contributed by atoms with van der Waals surface area (Å²) in [6.07, 6.45) is 1.17. The summed E-state index contributed by atoms with van der Waals surface area (Å²) in [5, 5.41) is 0. The largest absolute Gasteiger partial charge is 0.387 e. The molecule has 0 spiro atoms. The van der Waals surface area contributed by atoms with Crippen LogP contribution >= 0.6 is 10.3 Å². The Morgan fingerprint density at radius 3 is 1.08 bits per heavy atom. The average molecular weight is 512 g/mol. The fourth-order valence-corrected chi connectivity index (χ4v) is 9.39. The van der Waals surface area contributed by atoms with Crippen molar-refractivity contribution in [3.63, 3.8) is 0 Å². The Morgan fingerprint density at radius 2 is 0.722 bits per heavy atom. The fraction of sp³-hybridized carbons (Fsp3) is 0.0323. The second kappa shape index (κ2) is 10.2. The van der Waals surface area contributed by atoms with Crippen LogP contribution in [-0.4, -0.2) is 18.3 Å². The zero-order valence-corrected chi connectivity index (χ0v) is 21.5. The summed E-state index contributed by atoms with van der Waals surface area (Å²) in [6.45, 7) is 0. The zero-order valence-electron chi connectivity index (χ0n) is 19.9. The summed E-state index contributed by atoms with van der Waals surface area (Å²) in [5.41, 5.74) is 4.35. The molecule has 0 atom stereocenters. The van der Waals surface area contributed by atoms with Gasteiger partial charge in [0.15, 0.2) is 0 Å². The van der Waals surface area contributed by atoms with Crippen LogP contribution in [0.1, 0.15) is 0 Å². The van der Waals surface area contributed by atoms with E-state index in [9.17, 15) is 8.42 Å². The van der Waals surface area contributed by atoms with Gasteiger partial charge in [-0.25, -0.2) is 0 Å². The van der Waals surface area contributed by atoms with E-state index in [1.165, 1.54) is 6.26 Å². The van der Waals surface area contributed by atoms with Crippen LogP contribution in [0.15, 0.2) is 154 Å². The van der Waals surface area contributed by atoms with Gasteiger partial charge in [-0.1, -0.05) is 103 Å². The summed E-state index contributed by atoms with van der Waals surface area (Å²) in [7, 11) is -6.14. The summed E-state index contributed by atoms with van der Waals surface area (Å²) in [4.78, 5) is 2.60. The minimum atomic E-state index is -3.69. The SMILES string of the molecule is CS(=O)(=O)[OH+]S(c1ccccc1)(c1ccc(-c2ccccc2)cc1)c1ccc(-c2ccccc2)cc1. The van der Waals surface area contributed by atoms with E-state index < -0.39 is 20.4 Å². The number of benzene rings is 5. The third-order valence-electron chi connectivity index (χ3n) is 5.94. The van der Waals surface area contributed by atoms with E-state index in [-0.39, 0.29) is 0 Å². The molecule has 0 unspecified atom stereocenters. The molecule has 5 heteroatoms. The molecule has 0 amide bonds. The molecule has 0 heterocycles. The molecule has 1 N–H and O–H groups in total. The maximum absolute atomic E-state index is 12.8. The van der Waals surface area contributed by atoms with Crippen molar-refractivity contribution in [2.75, 3.05) is 6.26 Å². The van der Waals surface area contributed by atoms with Gasteiger partial charge in [0.2, 0.25) is 0 Å². The van der Waals surface area contributed by atoms with Crippen molar-refractivity contribution in [2.24, 2.45) is 0 Å². The molecule has 5 aromatic rings. The van der Waals surface area contributed by atoms with Crippen molar-refractivity contribution in [3.05, 3.63) is 140 Å². The lowest BCUT2D eigenvalue weighted by Crippen LogP contribution is -2.17. The monoisotopic (exact) mass is 511 g/mol. The number of hydrogen-bond donors (Lipinski definition) is 0. The molecule has 36 heavy (non-hydrogen) atoms. The van der Waals surface area contributed by atoms with E-state index >= 15 is 0 Å². The summed E-state index contributed by atoms with van der Waals surface area (Å²) >= 11 is 0. The zero-order chi connectivity index (χ0) is 25.0. The second-order valence-electron chi connectivity index (χ2n) is 8.48. The van der Waals surface area contributed by atoms with E-state index in [0.29, 0.717) is 0 Å². The van der Waals surface area contributed by atoms with Gasteiger partial charge in [-0.05, 0) is 58.7 Å². The topological polar surface area (TPSA) is 46.9 Å². The standard InChI is InChI=1S/C31H26O3S2/c1-35(32,33)34-36(29-15-9-4-10-16-29,30-21-17-27(18-22-30)25-11-5-2-6-12-25)31-23-19-28(20-24-31)26-13-7-3-8-14-26/h2-24H,1H3/p+1. The molecule has 3 nitrogen and oxygen atoms in total. The van der Waals surface area contributed by atoms with E-state index in [1.807, 2.05) is 115 Å². The van der Waals surface area contributed by atoms with Gasteiger partial charge in [0, 0.05) is 0 Å². The van der Waals surface area contributed by atoms with Gasteiger partial charge in [-0.3, -0.25) is 3.63 Å². The molecule has 0 aromatic heterocycles. The maximum Gasteiger partial charge on any atom is 0.387 e. The van der Waals surface area contributed by atoms with Crippen LogP contribution in [0.3, 0.4) is 0 Å². The molecule has 0 aliphatic heterocycles. The Bertz CT molecular complexity index is 1450. The second-order valence-corrected chi connectivity index (χ2v) is 13.1. The minimum Gasteiger partial charge on any atom is -0.262 e. The smallest absolute Gasteiger partial charge is 0.262 e. The summed E-state index contributed by atoms with van der Waals surface area (Å²) in [5.74, 6) is 0. The van der Waals surface area contributed by atoms with Gasteiger partial charge in [0.1, 0.15) is 6.26 Å². The molecule has 0 aliphatic rings. The lowest BCUT2D eigenvalue weighted by molar-refractivity contribution is 0.393. The number of hydrogen-bond acceptors (Lipinski definition) is 2. The average Bonchev–Trinajstić information content (AvgIpc) is 2.93. The Hall–Kier alpha value is -3.64. The highest BCUT2D eigenvalue weighted by atomic mass is 32.3. The van der Waals surface area contributed by atoms with Crippen LogP contribution < -0.4 is 0 Å². The van der Waals surface area contributed by atoms with Crippen LogP contribution in [0.25, 0.3) is 22.3 Å². The highest BCUT2D eigenvalue weighted by Crippen LogP contribution is 2.68. The lowest BCUT2D eigenvalue weighted by Gasteiger charge is -2.34. The molecule has 0 fully saturated rings. The van der Waals surface area contributed by atoms with Crippen LogP contribution in [0, 0.1) is 0 Å². The first-order chi connectivity index (χ1) is 17.5. The van der Waals surface area contributed by atoms with E-state index in [4.69, 9.17) is 0 Å². The Kier molecular flexibility index (Phi) is 6.79. The normalized spacial score (nSPS) is 12.2. The molecule has 5 aromatic carbocycles. The van der Waals surface area contributed by atoms with Crippen molar-refractivity contribution in [1.82, 2.24) is 0 Å². The Balaban J connectivity index is 1.70.